The molecule has 15 heavy (non-hydrogen) atoms. The zero-order valence-electron chi connectivity index (χ0n) is 8.52. The summed E-state index contributed by atoms with van der Waals surface area (Å²) < 4.78 is 10.1. The second kappa shape index (κ2) is 3.61. The maximum atomic E-state index is 5.76. The summed E-state index contributed by atoms with van der Waals surface area (Å²) in [6, 6.07) is 5.33. The van der Waals surface area contributed by atoms with Gasteiger partial charge in [-0.1, -0.05) is 5.16 Å². The third kappa shape index (κ3) is 1.76. The van der Waals surface area contributed by atoms with Crippen LogP contribution < -0.4 is 10.5 Å². The van der Waals surface area contributed by atoms with Gasteiger partial charge < -0.3 is 15.0 Å². The first kappa shape index (κ1) is 9.51. The number of nitrogens with two attached hydrogens (primary N) is 1. The molecular formula is C10H11N3O2. The van der Waals surface area contributed by atoms with Gasteiger partial charge in [0, 0.05) is 5.56 Å². The number of aryl methyl sites for hydroxylation is 1. The number of aromatic nitrogens is 2. The van der Waals surface area contributed by atoms with Gasteiger partial charge >= 0.3 is 0 Å². The minimum atomic E-state index is 0.460. The van der Waals surface area contributed by atoms with Gasteiger partial charge in [-0.2, -0.15) is 4.98 Å². The molecule has 0 spiro atoms. The minimum Gasteiger partial charge on any atom is -0.495 e. The van der Waals surface area contributed by atoms with Crippen molar-refractivity contribution in [2.45, 2.75) is 6.92 Å². The van der Waals surface area contributed by atoms with Crippen LogP contribution in [0.5, 0.6) is 5.75 Å². The normalized spacial score (nSPS) is 10.3. The third-order valence-electron chi connectivity index (χ3n) is 2.00. The largest absolute Gasteiger partial charge is 0.495 e. The Morgan fingerprint density at radius 2 is 2.20 bits per heavy atom. The number of nitrogen functional groups attached to an aromatic ring is 1. The maximum Gasteiger partial charge on any atom is 0.257 e. The highest BCUT2D eigenvalue weighted by atomic mass is 16.5. The van der Waals surface area contributed by atoms with Crippen molar-refractivity contribution in [3.8, 4) is 17.2 Å². The zero-order chi connectivity index (χ0) is 10.8. The summed E-state index contributed by atoms with van der Waals surface area (Å²) in [7, 11) is 1.57. The van der Waals surface area contributed by atoms with Crippen molar-refractivity contribution in [3.05, 3.63) is 24.0 Å². The quantitative estimate of drug-likeness (QED) is 0.754. The summed E-state index contributed by atoms with van der Waals surface area (Å²) in [6.45, 7) is 1.76. The summed E-state index contributed by atoms with van der Waals surface area (Å²) >= 11 is 0. The molecule has 1 aromatic carbocycles. The molecule has 78 valence electrons. The molecule has 5 heteroatoms. The van der Waals surface area contributed by atoms with Crippen LogP contribution in [0.25, 0.3) is 11.5 Å². The summed E-state index contributed by atoms with van der Waals surface area (Å²) in [5.74, 6) is 1.69. The smallest absolute Gasteiger partial charge is 0.257 e. The lowest BCUT2D eigenvalue weighted by Gasteiger charge is -2.04. The van der Waals surface area contributed by atoms with Crippen molar-refractivity contribution in [3.63, 3.8) is 0 Å². The van der Waals surface area contributed by atoms with Crippen LogP contribution in [0.4, 0.5) is 5.69 Å². The van der Waals surface area contributed by atoms with Crippen molar-refractivity contribution in [1.29, 1.82) is 0 Å². The Morgan fingerprint density at radius 1 is 1.40 bits per heavy atom. The van der Waals surface area contributed by atoms with Crippen molar-refractivity contribution in [1.82, 2.24) is 10.1 Å². The van der Waals surface area contributed by atoms with E-state index in [1.54, 1.807) is 26.2 Å². The molecule has 0 aliphatic rings. The van der Waals surface area contributed by atoms with E-state index in [1.807, 2.05) is 6.07 Å². The summed E-state index contributed by atoms with van der Waals surface area (Å²) in [5, 5.41) is 3.71. The van der Waals surface area contributed by atoms with E-state index in [1.165, 1.54) is 0 Å². The van der Waals surface area contributed by atoms with Crippen molar-refractivity contribution >= 4 is 5.69 Å². The first-order valence-corrected chi connectivity index (χ1v) is 4.45. The highest BCUT2D eigenvalue weighted by Crippen LogP contribution is 2.27. The van der Waals surface area contributed by atoms with Gasteiger partial charge in [-0.05, 0) is 25.1 Å². The van der Waals surface area contributed by atoms with Gasteiger partial charge in [0.15, 0.2) is 5.82 Å². The number of hydrogen-bond donors (Lipinski definition) is 1. The molecule has 2 N–H and O–H groups in total. The molecule has 0 bridgehead atoms. The van der Waals surface area contributed by atoms with Crippen molar-refractivity contribution in [2.24, 2.45) is 0 Å². The fourth-order valence-corrected chi connectivity index (χ4v) is 1.28. The monoisotopic (exact) mass is 205 g/mol. The van der Waals surface area contributed by atoms with E-state index >= 15 is 0 Å². The van der Waals surface area contributed by atoms with Crippen LogP contribution in [-0.2, 0) is 0 Å². The number of nitrogens with zero attached hydrogens (tertiary/aromatic N) is 2. The number of methoxy groups -OCH3 is 1. The Bertz CT molecular complexity index is 479. The van der Waals surface area contributed by atoms with Crippen LogP contribution in [0.3, 0.4) is 0 Å². The number of hydrogen-bond acceptors (Lipinski definition) is 5. The molecule has 0 aliphatic carbocycles. The fourth-order valence-electron chi connectivity index (χ4n) is 1.28. The Balaban J connectivity index is 2.42. The summed E-state index contributed by atoms with van der Waals surface area (Å²) in [6.07, 6.45) is 0. The van der Waals surface area contributed by atoms with Gasteiger partial charge in [0.1, 0.15) is 5.75 Å². The highest BCUT2D eigenvalue weighted by molar-refractivity contribution is 5.65. The first-order valence-electron chi connectivity index (χ1n) is 4.45. The van der Waals surface area contributed by atoms with E-state index in [0.29, 0.717) is 23.2 Å². The molecule has 0 fully saturated rings. The van der Waals surface area contributed by atoms with Gasteiger partial charge in [-0.15, -0.1) is 0 Å². The number of anilines is 1. The maximum absolute atomic E-state index is 5.76. The average Bonchev–Trinajstić information content (AvgIpc) is 2.65. The van der Waals surface area contributed by atoms with E-state index in [0.717, 1.165) is 5.56 Å². The molecule has 1 aromatic heterocycles. The molecular weight excluding hydrogens is 194 g/mol. The number of rotatable bonds is 2. The third-order valence-corrected chi connectivity index (χ3v) is 2.00. The van der Waals surface area contributed by atoms with Gasteiger partial charge in [-0.3, -0.25) is 0 Å². The second-order valence-electron chi connectivity index (χ2n) is 3.10. The first-order chi connectivity index (χ1) is 7.20. The molecule has 0 aliphatic heterocycles. The molecule has 0 saturated heterocycles. The van der Waals surface area contributed by atoms with E-state index in [4.69, 9.17) is 15.0 Å². The highest BCUT2D eigenvalue weighted by Gasteiger charge is 2.08. The van der Waals surface area contributed by atoms with Gasteiger partial charge in [0.05, 0.1) is 12.8 Å². The molecule has 1 heterocycles. The molecule has 0 unspecified atom stereocenters. The van der Waals surface area contributed by atoms with E-state index in [2.05, 4.69) is 10.1 Å². The standard InChI is InChI=1S/C10H11N3O2/c1-6-12-10(15-13-6)7-3-4-9(14-2)8(11)5-7/h3-5H,11H2,1-2H3. The van der Waals surface area contributed by atoms with Crippen molar-refractivity contribution < 1.29 is 9.26 Å². The number of ether oxygens (including phenoxy) is 1. The molecule has 0 amide bonds. The average molecular weight is 205 g/mol. The molecule has 5 nitrogen and oxygen atoms in total. The lowest BCUT2D eigenvalue weighted by atomic mass is 10.2. The predicted molar refractivity (Wildman–Crippen MR) is 55.4 cm³/mol. The summed E-state index contributed by atoms with van der Waals surface area (Å²) in [4.78, 5) is 4.10. The predicted octanol–water partition coefficient (Wildman–Crippen LogP) is 1.64. The van der Waals surface area contributed by atoms with E-state index in [9.17, 15) is 0 Å². The Morgan fingerprint density at radius 3 is 2.73 bits per heavy atom. The van der Waals surface area contributed by atoms with Gasteiger partial charge in [-0.25, -0.2) is 0 Å². The number of benzene rings is 1. The van der Waals surface area contributed by atoms with Crippen LogP contribution in [0.2, 0.25) is 0 Å². The van der Waals surface area contributed by atoms with Crippen molar-refractivity contribution in [2.75, 3.05) is 12.8 Å². The molecule has 0 atom stereocenters. The molecule has 2 rings (SSSR count). The minimum absolute atomic E-state index is 0.460. The fraction of sp³-hybridized carbons (Fsp3) is 0.200. The van der Waals surface area contributed by atoms with E-state index < -0.39 is 0 Å². The lowest BCUT2D eigenvalue weighted by Crippen LogP contribution is -1.92. The second-order valence-corrected chi connectivity index (χ2v) is 3.10. The lowest BCUT2D eigenvalue weighted by molar-refractivity contribution is 0.416. The van der Waals surface area contributed by atoms with Crippen LogP contribution in [-0.4, -0.2) is 17.3 Å². The Labute approximate surface area is 86.9 Å². The van der Waals surface area contributed by atoms with Crippen LogP contribution in [0, 0.1) is 6.92 Å². The topological polar surface area (TPSA) is 74.2 Å². The van der Waals surface area contributed by atoms with Crippen LogP contribution in [0.15, 0.2) is 22.7 Å². The molecule has 0 saturated carbocycles. The molecule has 2 aromatic rings. The van der Waals surface area contributed by atoms with Crippen LogP contribution in [0.1, 0.15) is 5.82 Å². The molecule has 0 radical (unpaired) electrons. The Kier molecular flexibility index (Phi) is 2.29. The van der Waals surface area contributed by atoms with Gasteiger partial charge in [0.2, 0.25) is 0 Å². The summed E-state index contributed by atoms with van der Waals surface area (Å²) in [5.41, 5.74) is 7.09. The SMILES string of the molecule is COc1ccc(-c2nc(C)no2)cc1N. The zero-order valence-corrected chi connectivity index (χ0v) is 8.52. The van der Waals surface area contributed by atoms with Crippen LogP contribution >= 0.6 is 0 Å². The Hall–Kier alpha value is -2.04. The van der Waals surface area contributed by atoms with E-state index in [-0.39, 0.29) is 0 Å². The van der Waals surface area contributed by atoms with Gasteiger partial charge in [0.25, 0.3) is 5.89 Å².